The van der Waals surface area contributed by atoms with Crippen LogP contribution in [0.1, 0.15) is 0 Å². The molecule has 16 heavy (non-hydrogen) atoms. The number of para-hydroxylation sites is 1. The van der Waals surface area contributed by atoms with Crippen LogP contribution < -0.4 is 21.3 Å². The summed E-state index contributed by atoms with van der Waals surface area (Å²) in [6.07, 6.45) is -1.50. The summed E-state index contributed by atoms with van der Waals surface area (Å²) in [5, 5.41) is 11.9. The lowest BCUT2D eigenvalue weighted by atomic mass is 10.3. The van der Waals surface area contributed by atoms with Crippen molar-refractivity contribution in [2.75, 3.05) is 12.4 Å². The number of benzene rings is 1. The molecule has 5 N–H and O–H groups in total. The summed E-state index contributed by atoms with van der Waals surface area (Å²) in [6.45, 7) is 0. The molecule has 1 aromatic rings. The third kappa shape index (κ3) is 2.83. The summed E-state index contributed by atoms with van der Waals surface area (Å²) < 4.78 is 5.01. The van der Waals surface area contributed by atoms with E-state index < -0.39 is 12.1 Å². The van der Waals surface area contributed by atoms with Crippen molar-refractivity contribution in [3.05, 3.63) is 23.2 Å². The van der Waals surface area contributed by atoms with Gasteiger partial charge in [-0.25, -0.2) is 5.43 Å². The molecule has 1 aromatic carbocycles. The fourth-order valence-electron chi connectivity index (χ4n) is 1.09. The van der Waals surface area contributed by atoms with E-state index >= 15 is 0 Å². The van der Waals surface area contributed by atoms with Crippen LogP contribution in [0.25, 0.3) is 0 Å². The van der Waals surface area contributed by atoms with E-state index in [1.807, 2.05) is 5.43 Å². The molecule has 0 saturated heterocycles. The van der Waals surface area contributed by atoms with E-state index in [0.29, 0.717) is 16.5 Å². The third-order valence-corrected chi connectivity index (χ3v) is 2.13. The van der Waals surface area contributed by atoms with Gasteiger partial charge in [0, 0.05) is 0 Å². The van der Waals surface area contributed by atoms with Crippen LogP contribution in [0.4, 0.5) is 5.69 Å². The van der Waals surface area contributed by atoms with Crippen LogP contribution in [0.5, 0.6) is 5.75 Å². The van der Waals surface area contributed by atoms with E-state index in [1.54, 1.807) is 18.2 Å². The van der Waals surface area contributed by atoms with E-state index in [2.05, 4.69) is 5.32 Å². The first-order chi connectivity index (χ1) is 7.60. The van der Waals surface area contributed by atoms with Gasteiger partial charge in [-0.1, -0.05) is 17.7 Å². The number of ether oxygens (including phenoxy) is 1. The molecule has 0 aliphatic heterocycles. The number of hydrogen-bond acceptors (Lipinski definition) is 5. The first-order valence-electron chi connectivity index (χ1n) is 4.37. The molecule has 1 rings (SSSR count). The minimum Gasteiger partial charge on any atom is -0.493 e. The number of rotatable bonds is 4. The topological polar surface area (TPSA) is 96.6 Å². The van der Waals surface area contributed by atoms with E-state index in [-0.39, 0.29) is 0 Å². The molecule has 1 unspecified atom stereocenters. The summed E-state index contributed by atoms with van der Waals surface area (Å²) in [5.74, 6) is 4.52. The Kier molecular flexibility index (Phi) is 4.51. The van der Waals surface area contributed by atoms with Crippen LogP contribution in [-0.4, -0.2) is 24.4 Å². The molecule has 0 heterocycles. The number of anilines is 1. The zero-order chi connectivity index (χ0) is 12.1. The van der Waals surface area contributed by atoms with E-state index in [1.165, 1.54) is 7.11 Å². The van der Waals surface area contributed by atoms with Crippen molar-refractivity contribution in [1.29, 1.82) is 0 Å². The third-order valence-electron chi connectivity index (χ3n) is 1.84. The van der Waals surface area contributed by atoms with E-state index in [9.17, 15) is 4.79 Å². The van der Waals surface area contributed by atoms with Crippen LogP contribution in [0.2, 0.25) is 5.02 Å². The Hall–Kier alpha value is -1.34. The Morgan fingerprint density at radius 3 is 2.88 bits per heavy atom. The van der Waals surface area contributed by atoms with Gasteiger partial charge in [-0.15, -0.1) is 0 Å². The maximum atomic E-state index is 11.3. The van der Waals surface area contributed by atoms with Crippen molar-refractivity contribution in [3.8, 4) is 5.75 Å². The second-order valence-electron chi connectivity index (χ2n) is 2.88. The molecule has 1 amide bonds. The van der Waals surface area contributed by atoms with Gasteiger partial charge in [0.05, 0.1) is 17.8 Å². The Labute approximate surface area is 97.3 Å². The van der Waals surface area contributed by atoms with Crippen molar-refractivity contribution >= 4 is 23.2 Å². The number of hydrazine groups is 1. The van der Waals surface area contributed by atoms with Crippen LogP contribution in [-0.2, 0) is 4.79 Å². The highest BCUT2D eigenvalue weighted by molar-refractivity contribution is 6.32. The lowest BCUT2D eigenvalue weighted by molar-refractivity contribution is -0.125. The molecule has 0 aromatic heterocycles. The second-order valence-corrected chi connectivity index (χ2v) is 3.29. The Morgan fingerprint density at radius 1 is 1.62 bits per heavy atom. The van der Waals surface area contributed by atoms with Crippen LogP contribution in [0, 0.1) is 0 Å². The zero-order valence-electron chi connectivity index (χ0n) is 8.53. The average molecular weight is 246 g/mol. The predicted molar refractivity (Wildman–Crippen MR) is 60.0 cm³/mol. The fourth-order valence-corrected chi connectivity index (χ4v) is 1.34. The molecule has 0 bridgehead atoms. The predicted octanol–water partition coefficient (Wildman–Crippen LogP) is 0.0688. The Morgan fingerprint density at radius 2 is 2.31 bits per heavy atom. The van der Waals surface area contributed by atoms with Gasteiger partial charge in [0.25, 0.3) is 5.91 Å². The van der Waals surface area contributed by atoms with E-state index in [4.69, 9.17) is 27.3 Å². The average Bonchev–Trinajstić information content (AvgIpc) is 2.28. The van der Waals surface area contributed by atoms with Gasteiger partial charge in [-0.05, 0) is 12.1 Å². The first-order valence-corrected chi connectivity index (χ1v) is 4.75. The van der Waals surface area contributed by atoms with Crippen molar-refractivity contribution in [2.45, 2.75) is 6.23 Å². The maximum Gasteiger partial charge on any atom is 0.269 e. The van der Waals surface area contributed by atoms with Gasteiger partial charge in [-0.2, -0.15) is 0 Å². The molecule has 88 valence electrons. The smallest absolute Gasteiger partial charge is 0.269 e. The monoisotopic (exact) mass is 245 g/mol. The lowest BCUT2D eigenvalue weighted by Gasteiger charge is -2.13. The normalized spacial score (nSPS) is 12.0. The number of carbonyl (C=O) groups is 1. The summed E-state index contributed by atoms with van der Waals surface area (Å²) in [5.41, 5.74) is 2.26. The zero-order valence-corrected chi connectivity index (χ0v) is 9.28. The SMILES string of the molecule is COc1c(Cl)cccc1NC(=O)C(O)NN. The number of nitrogens with one attached hydrogen (secondary N) is 2. The quantitative estimate of drug-likeness (QED) is 0.342. The largest absolute Gasteiger partial charge is 0.493 e. The number of nitrogens with two attached hydrogens (primary N) is 1. The maximum absolute atomic E-state index is 11.3. The summed E-state index contributed by atoms with van der Waals surface area (Å²) in [7, 11) is 1.43. The molecule has 0 fully saturated rings. The molecule has 6 nitrogen and oxygen atoms in total. The fraction of sp³-hybridized carbons (Fsp3) is 0.222. The number of carbonyl (C=O) groups excluding carboxylic acids is 1. The van der Waals surface area contributed by atoms with Gasteiger partial charge < -0.3 is 15.2 Å². The molecule has 0 radical (unpaired) electrons. The molecule has 0 aliphatic rings. The van der Waals surface area contributed by atoms with Gasteiger partial charge in [0.1, 0.15) is 0 Å². The number of amides is 1. The molecular formula is C9H12ClN3O3. The standard InChI is InChI=1S/C9H12ClN3O3/c1-16-7-5(10)3-2-4-6(7)12-8(14)9(15)13-11/h2-4,9,13,15H,11H2,1H3,(H,12,14). The Bertz CT molecular complexity index is 386. The molecule has 0 aliphatic carbocycles. The van der Waals surface area contributed by atoms with Gasteiger partial charge in [0.2, 0.25) is 0 Å². The minimum absolute atomic E-state index is 0.321. The van der Waals surface area contributed by atoms with Gasteiger partial charge in [0.15, 0.2) is 12.0 Å². The first kappa shape index (κ1) is 12.7. The second kappa shape index (κ2) is 5.66. The van der Waals surface area contributed by atoms with Crippen molar-refractivity contribution < 1.29 is 14.6 Å². The summed E-state index contributed by atoms with van der Waals surface area (Å²) >= 11 is 5.85. The van der Waals surface area contributed by atoms with E-state index in [0.717, 1.165) is 0 Å². The molecule has 0 spiro atoms. The van der Waals surface area contributed by atoms with Crippen molar-refractivity contribution in [1.82, 2.24) is 5.43 Å². The summed E-state index contributed by atoms with van der Waals surface area (Å²) in [4.78, 5) is 11.3. The highest BCUT2D eigenvalue weighted by atomic mass is 35.5. The molecular weight excluding hydrogens is 234 g/mol. The van der Waals surface area contributed by atoms with Gasteiger partial charge >= 0.3 is 0 Å². The number of aliphatic hydroxyl groups is 1. The number of aliphatic hydroxyl groups excluding tert-OH is 1. The number of methoxy groups -OCH3 is 1. The molecule has 1 atom stereocenters. The molecule has 0 saturated carbocycles. The number of halogens is 1. The number of hydrogen-bond donors (Lipinski definition) is 4. The molecule has 7 heteroatoms. The van der Waals surface area contributed by atoms with Crippen LogP contribution in [0.3, 0.4) is 0 Å². The highest BCUT2D eigenvalue weighted by Crippen LogP contribution is 2.32. The van der Waals surface area contributed by atoms with Gasteiger partial charge in [-0.3, -0.25) is 10.6 Å². The van der Waals surface area contributed by atoms with Crippen LogP contribution in [0.15, 0.2) is 18.2 Å². The Balaban J connectivity index is 2.89. The summed E-state index contributed by atoms with van der Waals surface area (Å²) in [6, 6.07) is 4.85. The lowest BCUT2D eigenvalue weighted by Crippen LogP contribution is -2.44. The van der Waals surface area contributed by atoms with Crippen molar-refractivity contribution in [3.63, 3.8) is 0 Å². The van der Waals surface area contributed by atoms with Crippen LogP contribution >= 0.6 is 11.6 Å². The highest BCUT2D eigenvalue weighted by Gasteiger charge is 2.15. The van der Waals surface area contributed by atoms with Crippen molar-refractivity contribution in [2.24, 2.45) is 5.84 Å². The minimum atomic E-state index is -1.50.